The van der Waals surface area contributed by atoms with E-state index in [-0.39, 0.29) is 23.2 Å². The number of hydrogen-bond donors (Lipinski definition) is 0. The normalized spacial score (nSPS) is 16.5. The minimum Gasteiger partial charge on any atom is -0.333 e. The van der Waals surface area contributed by atoms with E-state index in [4.69, 9.17) is 0 Å². The molecule has 0 atom stereocenters. The second kappa shape index (κ2) is 5.82. The van der Waals surface area contributed by atoms with E-state index in [0.29, 0.717) is 19.5 Å². The Labute approximate surface area is 148 Å². The highest BCUT2D eigenvalue weighted by Gasteiger charge is 2.28. The zero-order valence-electron chi connectivity index (χ0n) is 14.8. The number of amides is 1. The Bertz CT molecular complexity index is 1090. The molecule has 8 heteroatoms. The van der Waals surface area contributed by atoms with Crippen molar-refractivity contribution in [3.05, 3.63) is 66.3 Å². The van der Waals surface area contributed by atoms with Crippen LogP contribution in [0.25, 0.3) is 0 Å². The minimum atomic E-state index is -0.527. The zero-order valence-corrected chi connectivity index (χ0v) is 14.8. The van der Waals surface area contributed by atoms with Crippen LogP contribution in [0.3, 0.4) is 0 Å². The third-order valence-electron chi connectivity index (χ3n) is 5.24. The number of pyridine rings is 1. The van der Waals surface area contributed by atoms with Crippen LogP contribution >= 0.6 is 0 Å². The van der Waals surface area contributed by atoms with E-state index in [1.165, 1.54) is 24.7 Å². The fraction of sp³-hybridized carbons (Fsp3) is 0.444. The van der Waals surface area contributed by atoms with E-state index in [0.717, 1.165) is 28.5 Å². The topological polar surface area (TPSA) is 86.3 Å². The van der Waals surface area contributed by atoms with Crippen LogP contribution in [0, 0.1) is 0 Å². The summed E-state index contributed by atoms with van der Waals surface area (Å²) in [6.07, 6.45) is 4.46. The maximum absolute atomic E-state index is 12.9. The lowest BCUT2D eigenvalue weighted by Gasteiger charge is -2.29. The van der Waals surface area contributed by atoms with Gasteiger partial charge < -0.3 is 9.47 Å². The largest absolute Gasteiger partial charge is 0.333 e. The van der Waals surface area contributed by atoms with Gasteiger partial charge in [0.15, 0.2) is 0 Å². The summed E-state index contributed by atoms with van der Waals surface area (Å²) in [4.78, 5) is 50.7. The lowest BCUT2D eigenvalue weighted by molar-refractivity contribution is 0.0722. The van der Waals surface area contributed by atoms with Gasteiger partial charge in [-0.1, -0.05) is 0 Å². The van der Waals surface area contributed by atoms with E-state index >= 15 is 0 Å². The van der Waals surface area contributed by atoms with Gasteiger partial charge in [0.1, 0.15) is 5.69 Å². The van der Waals surface area contributed by atoms with Crippen LogP contribution in [0.1, 0.15) is 40.5 Å². The molecule has 1 aliphatic heterocycles. The van der Waals surface area contributed by atoms with Gasteiger partial charge in [0.25, 0.3) is 17.0 Å². The van der Waals surface area contributed by atoms with E-state index in [9.17, 15) is 19.2 Å². The molecule has 0 radical (unpaired) electrons. The van der Waals surface area contributed by atoms with Crippen molar-refractivity contribution in [3.63, 3.8) is 0 Å². The molecular weight excluding hydrogens is 336 g/mol. The van der Waals surface area contributed by atoms with Gasteiger partial charge in [-0.3, -0.25) is 23.5 Å². The Morgan fingerprint density at radius 2 is 1.73 bits per heavy atom. The van der Waals surface area contributed by atoms with Gasteiger partial charge in [0, 0.05) is 51.6 Å². The van der Waals surface area contributed by atoms with E-state index < -0.39 is 11.2 Å². The predicted octanol–water partition coefficient (Wildman–Crippen LogP) is -0.221. The summed E-state index contributed by atoms with van der Waals surface area (Å²) in [5.74, 6) is -0.350. The predicted molar refractivity (Wildman–Crippen MR) is 94.3 cm³/mol. The van der Waals surface area contributed by atoms with Crippen molar-refractivity contribution in [1.29, 1.82) is 0 Å². The van der Waals surface area contributed by atoms with Crippen molar-refractivity contribution >= 4 is 5.91 Å². The molecular formula is C18H20N4O4. The van der Waals surface area contributed by atoms with E-state index in [2.05, 4.69) is 0 Å². The number of carbonyl (C=O) groups is 1. The fourth-order valence-corrected chi connectivity index (χ4v) is 3.46. The first-order valence-corrected chi connectivity index (χ1v) is 8.67. The van der Waals surface area contributed by atoms with Crippen LogP contribution in [-0.2, 0) is 27.1 Å². The maximum atomic E-state index is 12.9. The fourth-order valence-electron chi connectivity index (χ4n) is 3.46. The first-order valence-electron chi connectivity index (χ1n) is 8.67. The number of hydrogen-bond acceptors (Lipinski definition) is 4. The number of aromatic nitrogens is 3. The molecule has 136 valence electrons. The Hall–Kier alpha value is -2.90. The van der Waals surface area contributed by atoms with Crippen molar-refractivity contribution < 1.29 is 4.79 Å². The molecule has 0 saturated heterocycles. The summed E-state index contributed by atoms with van der Waals surface area (Å²) in [6.45, 7) is 0.812. The van der Waals surface area contributed by atoms with Crippen LogP contribution in [0.4, 0.5) is 0 Å². The van der Waals surface area contributed by atoms with Crippen molar-refractivity contribution in [1.82, 2.24) is 18.6 Å². The molecule has 0 N–H and O–H groups in total. The molecule has 4 rings (SSSR count). The van der Waals surface area contributed by atoms with Crippen molar-refractivity contribution in [2.45, 2.75) is 31.8 Å². The van der Waals surface area contributed by atoms with Gasteiger partial charge in [-0.2, -0.15) is 0 Å². The lowest BCUT2D eigenvalue weighted by atomic mass is 10.0. The molecule has 2 aromatic heterocycles. The standard InChI is InChI=1S/C18H20N4O4/c1-19-14(8-15(23)20(2)18(19)26)17(25)21-6-5-11-7-16(24)22(13-3-4-13)10-12(11)9-21/h7-8,10,13H,3-6,9H2,1-2H3. The van der Waals surface area contributed by atoms with Gasteiger partial charge in [-0.25, -0.2) is 4.79 Å². The molecule has 0 unspecified atom stereocenters. The van der Waals surface area contributed by atoms with E-state index in [1.807, 2.05) is 6.20 Å². The third-order valence-corrected chi connectivity index (χ3v) is 5.24. The third kappa shape index (κ3) is 2.61. The van der Waals surface area contributed by atoms with Gasteiger partial charge in [-0.15, -0.1) is 0 Å². The van der Waals surface area contributed by atoms with Crippen molar-refractivity contribution in [2.24, 2.45) is 14.1 Å². The quantitative estimate of drug-likeness (QED) is 0.744. The number of nitrogens with zero attached hydrogens (tertiary/aromatic N) is 4. The second-order valence-corrected chi connectivity index (χ2v) is 7.05. The molecule has 1 amide bonds. The molecule has 1 aliphatic carbocycles. The monoisotopic (exact) mass is 356 g/mol. The summed E-state index contributed by atoms with van der Waals surface area (Å²) in [5.41, 5.74) is 0.980. The smallest absolute Gasteiger partial charge is 0.331 e. The minimum absolute atomic E-state index is 0.0139. The summed E-state index contributed by atoms with van der Waals surface area (Å²) in [7, 11) is 2.87. The lowest BCUT2D eigenvalue weighted by Crippen LogP contribution is -2.43. The van der Waals surface area contributed by atoms with Crippen LogP contribution < -0.4 is 16.8 Å². The molecule has 1 saturated carbocycles. The highest BCUT2D eigenvalue weighted by molar-refractivity contribution is 5.92. The van der Waals surface area contributed by atoms with Crippen LogP contribution in [0.5, 0.6) is 0 Å². The molecule has 26 heavy (non-hydrogen) atoms. The SMILES string of the molecule is Cn1c(C(=O)N2CCc3cc(=O)n(C4CC4)cc3C2)cc(=O)n(C)c1=O. The average Bonchev–Trinajstić information content (AvgIpc) is 3.46. The first kappa shape index (κ1) is 16.6. The highest BCUT2D eigenvalue weighted by atomic mass is 16.2. The Morgan fingerprint density at radius 1 is 1.00 bits per heavy atom. The van der Waals surface area contributed by atoms with Gasteiger partial charge in [0.05, 0.1) is 0 Å². The molecule has 0 spiro atoms. The molecule has 3 heterocycles. The Balaban J connectivity index is 1.68. The second-order valence-electron chi connectivity index (χ2n) is 7.05. The van der Waals surface area contributed by atoms with Gasteiger partial charge in [-0.05, 0) is 30.4 Å². The summed E-state index contributed by atoms with van der Waals surface area (Å²) < 4.78 is 3.92. The molecule has 8 nitrogen and oxygen atoms in total. The van der Waals surface area contributed by atoms with E-state index in [1.54, 1.807) is 15.5 Å². The summed E-state index contributed by atoms with van der Waals surface area (Å²) in [6, 6.07) is 3.14. The van der Waals surface area contributed by atoms with Gasteiger partial charge >= 0.3 is 5.69 Å². The first-order chi connectivity index (χ1) is 12.4. The average molecular weight is 356 g/mol. The number of carbonyl (C=O) groups excluding carboxylic acids is 1. The van der Waals surface area contributed by atoms with Crippen molar-refractivity contribution in [2.75, 3.05) is 6.54 Å². The molecule has 0 bridgehead atoms. The summed E-state index contributed by atoms with van der Waals surface area (Å²) in [5, 5.41) is 0. The molecule has 0 aromatic carbocycles. The maximum Gasteiger partial charge on any atom is 0.331 e. The molecule has 2 aliphatic rings. The Morgan fingerprint density at radius 3 is 2.42 bits per heavy atom. The number of rotatable bonds is 2. The van der Waals surface area contributed by atoms with Gasteiger partial charge in [0.2, 0.25) is 0 Å². The van der Waals surface area contributed by atoms with Crippen molar-refractivity contribution in [3.8, 4) is 0 Å². The molecule has 1 fully saturated rings. The van der Waals surface area contributed by atoms with Crippen LogP contribution in [0.2, 0.25) is 0 Å². The van der Waals surface area contributed by atoms with Crippen LogP contribution in [-0.4, -0.2) is 31.1 Å². The zero-order chi connectivity index (χ0) is 18.6. The van der Waals surface area contributed by atoms with Crippen LogP contribution in [0.15, 0.2) is 32.7 Å². The number of fused-ring (bicyclic) bond motifs is 1. The highest BCUT2D eigenvalue weighted by Crippen LogP contribution is 2.34. The summed E-state index contributed by atoms with van der Waals surface area (Å²) >= 11 is 0. The molecule has 2 aromatic rings. The Kier molecular flexibility index (Phi) is 3.71.